The zero-order valence-electron chi connectivity index (χ0n) is 12.5. The Balaban J connectivity index is 1.98. The Labute approximate surface area is 117 Å². The summed E-state index contributed by atoms with van der Waals surface area (Å²) in [5, 5.41) is 3.56. The van der Waals surface area contributed by atoms with Gasteiger partial charge in [0.15, 0.2) is 0 Å². The van der Waals surface area contributed by atoms with E-state index in [4.69, 9.17) is 4.74 Å². The van der Waals surface area contributed by atoms with Crippen molar-refractivity contribution in [1.82, 2.24) is 5.32 Å². The summed E-state index contributed by atoms with van der Waals surface area (Å²) in [6.45, 7) is 7.64. The molecule has 0 radical (unpaired) electrons. The molecule has 106 valence electrons. The van der Waals surface area contributed by atoms with E-state index in [0.717, 1.165) is 12.3 Å². The van der Waals surface area contributed by atoms with Crippen LogP contribution in [-0.2, 0) is 0 Å². The molecule has 0 aliphatic heterocycles. The van der Waals surface area contributed by atoms with Crippen molar-refractivity contribution < 1.29 is 4.74 Å². The Morgan fingerprint density at radius 1 is 1.16 bits per heavy atom. The quantitative estimate of drug-likeness (QED) is 0.861. The number of hydrogen-bond acceptors (Lipinski definition) is 2. The molecule has 0 aromatic heterocycles. The monoisotopic (exact) mass is 261 g/mol. The van der Waals surface area contributed by atoms with Crippen LogP contribution in [-0.4, -0.2) is 18.7 Å². The maximum absolute atomic E-state index is 6.19. The predicted molar refractivity (Wildman–Crippen MR) is 80.9 cm³/mol. The van der Waals surface area contributed by atoms with Crippen LogP contribution >= 0.6 is 0 Å². The largest absolute Gasteiger partial charge is 0.489 e. The van der Waals surface area contributed by atoms with Gasteiger partial charge in [0.1, 0.15) is 11.9 Å². The third-order valence-electron chi connectivity index (χ3n) is 4.00. The molecule has 0 amide bonds. The minimum atomic E-state index is 0.332. The second-order valence-corrected chi connectivity index (χ2v) is 5.83. The highest BCUT2D eigenvalue weighted by atomic mass is 16.5. The lowest BCUT2D eigenvalue weighted by atomic mass is 9.92. The van der Waals surface area contributed by atoms with Gasteiger partial charge in [0.25, 0.3) is 0 Å². The summed E-state index contributed by atoms with van der Waals surface area (Å²) >= 11 is 0. The molecule has 2 nitrogen and oxygen atoms in total. The van der Waals surface area contributed by atoms with Gasteiger partial charge in [-0.3, -0.25) is 0 Å². The topological polar surface area (TPSA) is 21.3 Å². The number of ether oxygens (including phenoxy) is 1. The number of hydrogen-bond donors (Lipinski definition) is 1. The van der Waals surface area contributed by atoms with Gasteiger partial charge in [0.2, 0.25) is 0 Å². The van der Waals surface area contributed by atoms with Gasteiger partial charge in [-0.2, -0.15) is 0 Å². The summed E-state index contributed by atoms with van der Waals surface area (Å²) in [6, 6.07) is 9.12. The normalized spacial score (nSPS) is 23.6. The molecule has 2 rings (SSSR count). The highest BCUT2D eigenvalue weighted by Gasteiger charge is 2.25. The Morgan fingerprint density at radius 3 is 2.47 bits per heavy atom. The van der Waals surface area contributed by atoms with Gasteiger partial charge in [0.05, 0.1) is 0 Å². The smallest absolute Gasteiger partial charge is 0.119 e. The maximum Gasteiger partial charge on any atom is 0.119 e. The molecule has 2 atom stereocenters. The van der Waals surface area contributed by atoms with Crippen LogP contribution in [0.25, 0.3) is 0 Å². The van der Waals surface area contributed by atoms with Gasteiger partial charge in [-0.15, -0.1) is 0 Å². The number of likely N-dealkylation sites (N-methyl/N-ethyl adjacent to an activating group) is 1. The van der Waals surface area contributed by atoms with Crippen molar-refractivity contribution in [2.24, 2.45) is 0 Å². The van der Waals surface area contributed by atoms with Crippen molar-refractivity contribution in [3.8, 4) is 5.75 Å². The van der Waals surface area contributed by atoms with Gasteiger partial charge in [-0.1, -0.05) is 39.3 Å². The Kier molecular flexibility index (Phi) is 5.26. The molecule has 1 fully saturated rings. The molecule has 2 heteroatoms. The van der Waals surface area contributed by atoms with Gasteiger partial charge in [-0.05, 0) is 49.4 Å². The minimum absolute atomic E-state index is 0.332. The molecule has 0 saturated heterocycles. The Hall–Kier alpha value is -1.02. The molecule has 1 aromatic carbocycles. The molecule has 0 bridgehead atoms. The van der Waals surface area contributed by atoms with E-state index in [1.165, 1.54) is 31.2 Å². The molecule has 1 aromatic rings. The molecule has 2 unspecified atom stereocenters. The van der Waals surface area contributed by atoms with Crippen LogP contribution < -0.4 is 10.1 Å². The van der Waals surface area contributed by atoms with Crippen molar-refractivity contribution in [2.75, 3.05) is 6.54 Å². The lowest BCUT2D eigenvalue weighted by Gasteiger charge is -2.32. The average molecular weight is 261 g/mol. The second kappa shape index (κ2) is 6.95. The molecular weight excluding hydrogens is 234 g/mol. The molecule has 1 aliphatic rings. The lowest BCUT2D eigenvalue weighted by molar-refractivity contribution is 0.115. The first kappa shape index (κ1) is 14.4. The van der Waals surface area contributed by atoms with E-state index in [-0.39, 0.29) is 0 Å². The molecule has 19 heavy (non-hydrogen) atoms. The summed E-state index contributed by atoms with van der Waals surface area (Å²) in [5.74, 6) is 1.59. The van der Waals surface area contributed by atoms with Crippen LogP contribution in [0.15, 0.2) is 24.3 Å². The molecule has 1 N–H and O–H groups in total. The van der Waals surface area contributed by atoms with E-state index in [2.05, 4.69) is 50.4 Å². The highest BCUT2D eigenvalue weighted by Crippen LogP contribution is 2.25. The highest BCUT2D eigenvalue weighted by molar-refractivity contribution is 5.29. The first-order valence-electron chi connectivity index (χ1n) is 7.70. The van der Waals surface area contributed by atoms with E-state index in [1.807, 2.05) is 0 Å². The van der Waals surface area contributed by atoms with Gasteiger partial charge >= 0.3 is 0 Å². The van der Waals surface area contributed by atoms with E-state index in [1.54, 1.807) is 0 Å². The van der Waals surface area contributed by atoms with E-state index in [9.17, 15) is 0 Å². The van der Waals surface area contributed by atoms with Crippen molar-refractivity contribution in [3.05, 3.63) is 29.8 Å². The summed E-state index contributed by atoms with van der Waals surface area (Å²) in [5.41, 5.74) is 1.37. The van der Waals surface area contributed by atoms with Crippen molar-refractivity contribution in [1.29, 1.82) is 0 Å². The summed E-state index contributed by atoms with van der Waals surface area (Å²) < 4.78 is 6.19. The van der Waals surface area contributed by atoms with Crippen LogP contribution in [0.4, 0.5) is 0 Å². The second-order valence-electron chi connectivity index (χ2n) is 5.83. The van der Waals surface area contributed by atoms with Gasteiger partial charge in [0, 0.05) is 6.04 Å². The van der Waals surface area contributed by atoms with E-state index < -0.39 is 0 Å². The van der Waals surface area contributed by atoms with Crippen molar-refractivity contribution in [3.63, 3.8) is 0 Å². The lowest BCUT2D eigenvalue weighted by Crippen LogP contribution is -2.45. The first-order chi connectivity index (χ1) is 9.20. The number of rotatable bonds is 5. The molecule has 0 heterocycles. The summed E-state index contributed by atoms with van der Waals surface area (Å²) in [6.07, 6.45) is 5.35. The third-order valence-corrected chi connectivity index (χ3v) is 4.00. The summed E-state index contributed by atoms with van der Waals surface area (Å²) in [7, 11) is 0. The fourth-order valence-electron chi connectivity index (χ4n) is 2.84. The number of nitrogens with one attached hydrogen (secondary N) is 1. The van der Waals surface area contributed by atoms with Crippen molar-refractivity contribution in [2.45, 2.75) is 64.5 Å². The molecule has 0 spiro atoms. The van der Waals surface area contributed by atoms with E-state index in [0.29, 0.717) is 18.1 Å². The average Bonchev–Trinajstić information content (AvgIpc) is 2.42. The maximum atomic E-state index is 6.19. The van der Waals surface area contributed by atoms with Crippen LogP contribution in [0.2, 0.25) is 0 Å². The Morgan fingerprint density at radius 2 is 1.84 bits per heavy atom. The minimum Gasteiger partial charge on any atom is -0.489 e. The molecular formula is C17H27NO. The zero-order valence-corrected chi connectivity index (χ0v) is 12.5. The zero-order chi connectivity index (χ0) is 13.7. The van der Waals surface area contributed by atoms with Crippen LogP contribution in [0.3, 0.4) is 0 Å². The van der Waals surface area contributed by atoms with Crippen LogP contribution in [0, 0.1) is 0 Å². The fraction of sp³-hybridized carbons (Fsp3) is 0.647. The van der Waals surface area contributed by atoms with Gasteiger partial charge < -0.3 is 10.1 Å². The number of benzene rings is 1. The standard InChI is InChI=1S/C17H27NO/c1-4-18-16-7-5-6-8-17(16)19-15-11-9-14(10-12-15)13(2)3/h9-13,16-18H,4-8H2,1-3H3. The summed E-state index contributed by atoms with van der Waals surface area (Å²) in [4.78, 5) is 0. The van der Waals surface area contributed by atoms with Gasteiger partial charge in [-0.25, -0.2) is 0 Å². The molecule has 1 aliphatic carbocycles. The first-order valence-corrected chi connectivity index (χ1v) is 7.70. The van der Waals surface area contributed by atoms with E-state index >= 15 is 0 Å². The van der Waals surface area contributed by atoms with Crippen molar-refractivity contribution >= 4 is 0 Å². The third kappa shape index (κ3) is 3.97. The SMILES string of the molecule is CCNC1CCCCC1Oc1ccc(C(C)C)cc1. The fourth-order valence-corrected chi connectivity index (χ4v) is 2.84. The predicted octanol–water partition coefficient (Wildman–Crippen LogP) is 4.11. The van der Waals surface area contributed by atoms with Crippen LogP contribution in [0.1, 0.15) is 57.9 Å². The Bertz CT molecular complexity index is 369. The van der Waals surface area contributed by atoms with Crippen LogP contribution in [0.5, 0.6) is 5.75 Å². The molecule has 1 saturated carbocycles.